The Kier molecular flexibility index (Phi) is 5.90. The molecular weight excluding hydrogens is 214 g/mol. The molecule has 0 aromatic rings. The monoisotopic (exact) mass is 243 g/mol. The molecule has 1 aliphatic rings. The molecule has 3 N–H and O–H groups in total. The average Bonchev–Trinajstić information content (AvgIpc) is 2.50. The van der Waals surface area contributed by atoms with E-state index >= 15 is 0 Å². The lowest BCUT2D eigenvalue weighted by Gasteiger charge is -2.29. The third-order valence-corrected chi connectivity index (χ3v) is 4.05. The van der Waals surface area contributed by atoms with Gasteiger partial charge in [0, 0.05) is 12.6 Å². The lowest BCUT2D eigenvalue weighted by Crippen LogP contribution is -2.36. The molecule has 0 spiro atoms. The maximum absolute atomic E-state index is 9.33. The molecule has 3 heteroatoms. The average molecular weight is 243 g/mol. The molecule has 1 aliphatic carbocycles. The Balaban J connectivity index is 2.32. The first-order valence-electron chi connectivity index (χ1n) is 6.95. The Morgan fingerprint density at radius 3 is 2.47 bits per heavy atom. The van der Waals surface area contributed by atoms with Crippen LogP contribution in [0.15, 0.2) is 0 Å². The molecule has 17 heavy (non-hydrogen) atoms. The van der Waals surface area contributed by atoms with Crippen molar-refractivity contribution in [2.75, 3.05) is 13.2 Å². The van der Waals surface area contributed by atoms with Crippen molar-refractivity contribution in [1.82, 2.24) is 5.32 Å². The van der Waals surface area contributed by atoms with Gasteiger partial charge in [-0.1, -0.05) is 27.2 Å². The van der Waals surface area contributed by atoms with Crippen LogP contribution in [0.4, 0.5) is 0 Å². The quantitative estimate of drug-likeness (QED) is 0.661. The standard InChI is InChI=1S/C14H29NO2/c1-14(2,3)11-5-4-6-12(8-7-11)15-9-13(17)10-16/h11-13,15-17H,4-10H2,1-3H3. The summed E-state index contributed by atoms with van der Waals surface area (Å²) in [5, 5.41) is 21.5. The summed E-state index contributed by atoms with van der Waals surface area (Å²) in [7, 11) is 0. The van der Waals surface area contributed by atoms with Gasteiger partial charge in [-0.15, -0.1) is 0 Å². The van der Waals surface area contributed by atoms with Crippen LogP contribution in [0.3, 0.4) is 0 Å². The molecule has 0 bridgehead atoms. The highest BCUT2D eigenvalue weighted by Gasteiger charge is 2.27. The van der Waals surface area contributed by atoms with Gasteiger partial charge in [0.2, 0.25) is 0 Å². The zero-order valence-corrected chi connectivity index (χ0v) is 11.6. The number of rotatable bonds is 4. The molecule has 1 fully saturated rings. The fraction of sp³-hybridized carbons (Fsp3) is 1.00. The fourth-order valence-electron chi connectivity index (χ4n) is 2.74. The van der Waals surface area contributed by atoms with Gasteiger partial charge in [0.15, 0.2) is 0 Å². The molecule has 1 saturated carbocycles. The van der Waals surface area contributed by atoms with E-state index in [4.69, 9.17) is 5.11 Å². The van der Waals surface area contributed by atoms with Crippen LogP contribution in [0, 0.1) is 11.3 Å². The first-order valence-corrected chi connectivity index (χ1v) is 6.95. The van der Waals surface area contributed by atoms with E-state index < -0.39 is 6.10 Å². The van der Waals surface area contributed by atoms with Crippen LogP contribution in [0.25, 0.3) is 0 Å². The lowest BCUT2D eigenvalue weighted by molar-refractivity contribution is 0.0911. The number of hydrogen-bond acceptors (Lipinski definition) is 3. The van der Waals surface area contributed by atoms with Crippen LogP contribution in [-0.2, 0) is 0 Å². The Morgan fingerprint density at radius 2 is 1.88 bits per heavy atom. The van der Waals surface area contributed by atoms with Crippen molar-refractivity contribution in [2.24, 2.45) is 11.3 Å². The second-order valence-electron chi connectivity index (χ2n) is 6.51. The topological polar surface area (TPSA) is 52.5 Å². The van der Waals surface area contributed by atoms with Gasteiger partial charge in [0.1, 0.15) is 0 Å². The normalized spacial score (nSPS) is 28.8. The second kappa shape index (κ2) is 6.72. The summed E-state index contributed by atoms with van der Waals surface area (Å²) < 4.78 is 0. The van der Waals surface area contributed by atoms with Crippen molar-refractivity contribution in [3.8, 4) is 0 Å². The van der Waals surface area contributed by atoms with E-state index in [1.165, 1.54) is 32.1 Å². The van der Waals surface area contributed by atoms with Gasteiger partial charge in [-0.05, 0) is 37.0 Å². The Hall–Kier alpha value is -0.120. The van der Waals surface area contributed by atoms with E-state index in [1.54, 1.807) is 0 Å². The molecule has 0 heterocycles. The smallest absolute Gasteiger partial charge is 0.0895 e. The molecule has 0 aromatic carbocycles. The van der Waals surface area contributed by atoms with Gasteiger partial charge < -0.3 is 15.5 Å². The summed E-state index contributed by atoms with van der Waals surface area (Å²) in [6.45, 7) is 7.37. The maximum Gasteiger partial charge on any atom is 0.0895 e. The zero-order valence-electron chi connectivity index (χ0n) is 11.6. The SMILES string of the molecule is CC(C)(C)C1CCCC(NCC(O)CO)CC1. The number of aliphatic hydroxyl groups is 2. The summed E-state index contributed by atoms with van der Waals surface area (Å²) in [4.78, 5) is 0. The molecule has 0 saturated heterocycles. The molecule has 0 aliphatic heterocycles. The number of hydrogen-bond donors (Lipinski definition) is 3. The van der Waals surface area contributed by atoms with Crippen molar-refractivity contribution in [3.63, 3.8) is 0 Å². The second-order valence-corrected chi connectivity index (χ2v) is 6.51. The minimum Gasteiger partial charge on any atom is -0.394 e. The van der Waals surface area contributed by atoms with Gasteiger partial charge in [0.05, 0.1) is 12.7 Å². The van der Waals surface area contributed by atoms with E-state index in [1.807, 2.05) is 0 Å². The van der Waals surface area contributed by atoms with Crippen molar-refractivity contribution < 1.29 is 10.2 Å². The summed E-state index contributed by atoms with van der Waals surface area (Å²) >= 11 is 0. The number of aliphatic hydroxyl groups excluding tert-OH is 2. The van der Waals surface area contributed by atoms with Gasteiger partial charge in [-0.3, -0.25) is 0 Å². The zero-order chi connectivity index (χ0) is 12.9. The van der Waals surface area contributed by atoms with E-state index in [0.29, 0.717) is 18.0 Å². The van der Waals surface area contributed by atoms with Crippen LogP contribution in [0.2, 0.25) is 0 Å². The first kappa shape index (κ1) is 14.9. The minimum atomic E-state index is -0.614. The molecule has 102 valence electrons. The number of nitrogens with one attached hydrogen (secondary N) is 1. The van der Waals surface area contributed by atoms with Gasteiger partial charge >= 0.3 is 0 Å². The van der Waals surface area contributed by atoms with Gasteiger partial charge in [-0.25, -0.2) is 0 Å². The highest BCUT2D eigenvalue weighted by Crippen LogP contribution is 2.36. The van der Waals surface area contributed by atoms with Crippen LogP contribution in [-0.4, -0.2) is 35.5 Å². The van der Waals surface area contributed by atoms with Crippen molar-refractivity contribution in [2.45, 2.75) is 65.0 Å². The highest BCUT2D eigenvalue weighted by atomic mass is 16.3. The van der Waals surface area contributed by atoms with Crippen LogP contribution < -0.4 is 5.32 Å². The van der Waals surface area contributed by atoms with E-state index in [2.05, 4.69) is 26.1 Å². The molecule has 3 nitrogen and oxygen atoms in total. The predicted molar refractivity (Wildman–Crippen MR) is 70.9 cm³/mol. The summed E-state index contributed by atoms with van der Waals surface area (Å²) in [5.41, 5.74) is 0.416. The molecule has 3 unspecified atom stereocenters. The fourth-order valence-corrected chi connectivity index (χ4v) is 2.74. The molecule has 1 rings (SSSR count). The van der Waals surface area contributed by atoms with Crippen LogP contribution >= 0.6 is 0 Å². The molecule has 3 atom stereocenters. The lowest BCUT2D eigenvalue weighted by atomic mass is 9.76. The first-order chi connectivity index (χ1) is 7.93. The molecular formula is C14H29NO2. The third-order valence-electron chi connectivity index (χ3n) is 4.05. The largest absolute Gasteiger partial charge is 0.394 e. The summed E-state index contributed by atoms with van der Waals surface area (Å²) in [5.74, 6) is 0.817. The third kappa shape index (κ3) is 5.36. The van der Waals surface area contributed by atoms with Crippen LogP contribution in [0.1, 0.15) is 52.9 Å². The molecule has 0 radical (unpaired) electrons. The molecule has 0 amide bonds. The van der Waals surface area contributed by atoms with Crippen molar-refractivity contribution in [3.05, 3.63) is 0 Å². The van der Waals surface area contributed by atoms with E-state index in [9.17, 15) is 5.11 Å². The molecule has 0 aromatic heterocycles. The predicted octanol–water partition coefficient (Wildman–Crippen LogP) is 1.92. The van der Waals surface area contributed by atoms with Crippen LogP contribution in [0.5, 0.6) is 0 Å². The van der Waals surface area contributed by atoms with Gasteiger partial charge in [-0.2, -0.15) is 0 Å². The maximum atomic E-state index is 9.33. The van der Waals surface area contributed by atoms with Crippen molar-refractivity contribution >= 4 is 0 Å². The van der Waals surface area contributed by atoms with E-state index in [-0.39, 0.29) is 6.61 Å². The van der Waals surface area contributed by atoms with E-state index in [0.717, 1.165) is 5.92 Å². The Bertz CT molecular complexity index is 213. The summed E-state index contributed by atoms with van der Waals surface area (Å²) in [6.07, 6.45) is 5.65. The Morgan fingerprint density at radius 1 is 1.18 bits per heavy atom. The Labute approximate surface area is 106 Å². The van der Waals surface area contributed by atoms with Crippen molar-refractivity contribution in [1.29, 1.82) is 0 Å². The minimum absolute atomic E-state index is 0.148. The summed E-state index contributed by atoms with van der Waals surface area (Å²) in [6, 6.07) is 0.517. The van der Waals surface area contributed by atoms with Gasteiger partial charge in [0.25, 0.3) is 0 Å². The highest BCUT2D eigenvalue weighted by molar-refractivity contribution is 4.81.